The molecule has 2 heterocycles. The first-order valence-corrected chi connectivity index (χ1v) is 14.8. The van der Waals surface area contributed by atoms with Crippen LogP contribution >= 0.6 is 34.7 Å². The summed E-state index contributed by atoms with van der Waals surface area (Å²) in [4.78, 5) is 28.0. The summed E-state index contributed by atoms with van der Waals surface area (Å²) < 4.78 is 15.0. The molecule has 4 aromatic carbocycles. The lowest BCUT2D eigenvalue weighted by atomic mass is 9.95. The molecule has 1 aromatic heterocycles. The van der Waals surface area contributed by atoms with E-state index in [2.05, 4.69) is 34.5 Å². The van der Waals surface area contributed by atoms with Crippen LogP contribution in [0.3, 0.4) is 0 Å². The Morgan fingerprint density at radius 3 is 2.61 bits per heavy atom. The summed E-state index contributed by atoms with van der Waals surface area (Å²) in [5, 5.41) is 22.6. The van der Waals surface area contributed by atoms with Crippen molar-refractivity contribution in [3.05, 3.63) is 124 Å². The van der Waals surface area contributed by atoms with E-state index in [-0.39, 0.29) is 16.3 Å². The highest BCUT2D eigenvalue weighted by atomic mass is 35.5. The van der Waals surface area contributed by atoms with Crippen LogP contribution in [0.15, 0.2) is 94.8 Å². The van der Waals surface area contributed by atoms with E-state index in [4.69, 9.17) is 11.6 Å². The van der Waals surface area contributed by atoms with Gasteiger partial charge in [0.05, 0.1) is 11.6 Å². The molecular weight excluding hydrogens is 581 g/mol. The maximum Gasteiger partial charge on any atom is 0.301 e. The molecule has 6 nitrogen and oxygen atoms in total. The molecule has 1 aliphatic heterocycles. The molecule has 0 saturated carbocycles. The highest BCUT2D eigenvalue weighted by Gasteiger charge is 2.48. The molecule has 0 spiro atoms. The lowest BCUT2D eigenvalue weighted by Gasteiger charge is -2.22. The van der Waals surface area contributed by atoms with Crippen molar-refractivity contribution in [2.24, 2.45) is 0 Å². The van der Waals surface area contributed by atoms with Crippen molar-refractivity contribution in [2.75, 3.05) is 4.90 Å². The van der Waals surface area contributed by atoms with E-state index in [1.807, 2.05) is 18.2 Å². The van der Waals surface area contributed by atoms with Crippen molar-refractivity contribution in [3.8, 4) is 0 Å². The Labute approximate surface area is 248 Å². The fourth-order valence-corrected chi connectivity index (χ4v) is 6.90. The highest BCUT2D eigenvalue weighted by Crippen LogP contribution is 2.44. The monoisotopic (exact) mass is 601 g/mol. The number of aromatic nitrogens is 2. The number of anilines is 1. The van der Waals surface area contributed by atoms with Crippen molar-refractivity contribution in [3.63, 3.8) is 0 Å². The van der Waals surface area contributed by atoms with Crippen LogP contribution in [0.2, 0.25) is 5.02 Å². The largest absolute Gasteiger partial charge is 0.507 e. The van der Waals surface area contributed by atoms with Gasteiger partial charge < -0.3 is 5.11 Å². The minimum Gasteiger partial charge on any atom is -0.507 e. The molecule has 0 radical (unpaired) electrons. The molecule has 0 aliphatic carbocycles. The van der Waals surface area contributed by atoms with Gasteiger partial charge in [-0.3, -0.25) is 14.5 Å². The second-order valence-electron chi connectivity index (χ2n) is 9.47. The third-order valence-electron chi connectivity index (χ3n) is 6.89. The predicted octanol–water partition coefficient (Wildman–Crippen LogP) is 7.71. The average Bonchev–Trinajstić information content (AvgIpc) is 3.54. The number of fused-ring (bicyclic) bond motifs is 1. The number of hydrogen-bond acceptors (Lipinski definition) is 7. The minimum atomic E-state index is -1.04. The molecule has 0 unspecified atom stereocenters. The van der Waals surface area contributed by atoms with E-state index in [0.717, 1.165) is 22.4 Å². The Balaban J connectivity index is 1.38. The molecule has 41 heavy (non-hydrogen) atoms. The molecule has 5 aromatic rings. The first-order valence-electron chi connectivity index (χ1n) is 12.6. The molecule has 204 valence electrons. The van der Waals surface area contributed by atoms with Crippen LogP contribution in [0.4, 0.5) is 9.52 Å². The fourth-order valence-electron chi connectivity index (χ4n) is 4.83. The molecule has 10 heteroatoms. The van der Waals surface area contributed by atoms with Crippen LogP contribution in [0.25, 0.3) is 16.5 Å². The summed E-state index contributed by atoms with van der Waals surface area (Å²) in [5.74, 6) is -2.17. The Hall–Kier alpha value is -4.05. The third-order valence-corrected chi connectivity index (χ3v) is 9.23. The van der Waals surface area contributed by atoms with Crippen LogP contribution in [0, 0.1) is 12.7 Å². The van der Waals surface area contributed by atoms with Gasteiger partial charge in [0.2, 0.25) is 5.13 Å². The summed E-state index contributed by atoms with van der Waals surface area (Å²) in [5.41, 5.74) is 1.92. The van der Waals surface area contributed by atoms with Gasteiger partial charge in [0.1, 0.15) is 11.6 Å². The number of rotatable bonds is 6. The van der Waals surface area contributed by atoms with Crippen molar-refractivity contribution < 1.29 is 19.1 Å². The summed E-state index contributed by atoms with van der Waals surface area (Å²) in [7, 11) is 0. The highest BCUT2D eigenvalue weighted by molar-refractivity contribution is 8.00. The second-order valence-corrected chi connectivity index (χ2v) is 12.1. The molecule has 1 fully saturated rings. The van der Waals surface area contributed by atoms with E-state index in [9.17, 15) is 19.1 Å². The summed E-state index contributed by atoms with van der Waals surface area (Å²) in [6, 6.07) is 24.0. The number of carbonyl (C=O) groups is 2. The Morgan fingerprint density at radius 1 is 1.02 bits per heavy atom. The van der Waals surface area contributed by atoms with Crippen LogP contribution < -0.4 is 4.90 Å². The van der Waals surface area contributed by atoms with Crippen molar-refractivity contribution in [1.29, 1.82) is 0 Å². The Bertz CT molecular complexity index is 1870. The number of benzene rings is 4. The number of aliphatic hydroxyl groups excluding tert-OH is 1. The number of nitrogens with zero attached hydrogens (tertiary/aromatic N) is 3. The standard InChI is InChI=1S/C31H21ClFN3O3S2/c1-17-12-13-20(15-24(17)33)27(37)25-26(19-8-5-10-22(32)14-19)36(29(39)28(25)38)30-34-35-31(41-30)40-16-21-9-4-7-18-6-2-3-11-23(18)21/h2-15,26,37H,16H2,1H3/t26-/m1/s1. The molecular formula is C31H21ClFN3O3S2. The quantitative estimate of drug-likeness (QED) is 0.0705. The lowest BCUT2D eigenvalue weighted by Crippen LogP contribution is -2.29. The Morgan fingerprint density at radius 2 is 1.80 bits per heavy atom. The number of hydrogen-bond donors (Lipinski definition) is 1. The second kappa shape index (κ2) is 11.1. The first-order chi connectivity index (χ1) is 19.8. The van der Waals surface area contributed by atoms with E-state index in [1.54, 1.807) is 31.2 Å². The number of halogens is 2. The minimum absolute atomic E-state index is 0.0849. The van der Waals surface area contributed by atoms with Crippen molar-refractivity contribution in [1.82, 2.24) is 10.2 Å². The number of ketones is 1. The van der Waals surface area contributed by atoms with Gasteiger partial charge in [0.25, 0.3) is 5.78 Å². The number of amides is 1. The number of thioether (sulfide) groups is 1. The van der Waals surface area contributed by atoms with Gasteiger partial charge in [-0.2, -0.15) is 0 Å². The van der Waals surface area contributed by atoms with Crippen LogP contribution in [-0.4, -0.2) is 27.0 Å². The van der Waals surface area contributed by atoms with Gasteiger partial charge in [-0.1, -0.05) is 101 Å². The van der Waals surface area contributed by atoms with Gasteiger partial charge >= 0.3 is 5.91 Å². The zero-order valence-electron chi connectivity index (χ0n) is 21.5. The molecule has 1 aliphatic rings. The number of carbonyl (C=O) groups excluding carboxylic acids is 2. The number of aliphatic hydroxyl groups is 1. The molecule has 1 atom stereocenters. The Kier molecular flexibility index (Phi) is 7.33. The third kappa shape index (κ3) is 5.12. The van der Waals surface area contributed by atoms with Crippen LogP contribution in [-0.2, 0) is 15.3 Å². The van der Waals surface area contributed by atoms with E-state index in [1.165, 1.54) is 40.1 Å². The molecule has 1 amide bonds. The van der Waals surface area contributed by atoms with Gasteiger partial charge in [-0.25, -0.2) is 4.39 Å². The molecule has 6 rings (SSSR count). The number of aryl methyl sites for hydroxylation is 1. The van der Waals surface area contributed by atoms with Crippen molar-refractivity contribution in [2.45, 2.75) is 23.1 Å². The van der Waals surface area contributed by atoms with Crippen molar-refractivity contribution >= 4 is 68.1 Å². The smallest absolute Gasteiger partial charge is 0.301 e. The normalized spacial score (nSPS) is 16.6. The topological polar surface area (TPSA) is 83.4 Å². The van der Waals surface area contributed by atoms with E-state index >= 15 is 0 Å². The van der Waals surface area contributed by atoms with Gasteiger partial charge in [-0.05, 0) is 52.6 Å². The van der Waals surface area contributed by atoms with Crippen LogP contribution in [0.1, 0.15) is 28.3 Å². The maximum absolute atomic E-state index is 14.4. The molecule has 0 bridgehead atoms. The maximum atomic E-state index is 14.4. The molecule has 1 N–H and O–H groups in total. The first kappa shape index (κ1) is 27.1. The summed E-state index contributed by atoms with van der Waals surface area (Å²) in [6.07, 6.45) is 0. The van der Waals surface area contributed by atoms with E-state index < -0.39 is 29.3 Å². The van der Waals surface area contributed by atoms with Gasteiger partial charge in [0.15, 0.2) is 4.34 Å². The van der Waals surface area contributed by atoms with Gasteiger partial charge in [-0.15, -0.1) is 10.2 Å². The average molecular weight is 602 g/mol. The number of Topliss-reactive ketones (excluding diaryl/α,β-unsaturated/α-hetero) is 1. The SMILES string of the molecule is Cc1ccc(C(O)=C2C(=O)C(=O)N(c3nnc(SCc4cccc5ccccc45)s3)[C@@H]2c2cccc(Cl)c2)cc1F. The zero-order valence-corrected chi connectivity index (χ0v) is 23.9. The zero-order chi connectivity index (χ0) is 28.7. The predicted molar refractivity (Wildman–Crippen MR) is 161 cm³/mol. The summed E-state index contributed by atoms with van der Waals surface area (Å²) >= 11 is 8.92. The fraction of sp³-hybridized carbons (Fsp3) is 0.0968. The van der Waals surface area contributed by atoms with Crippen LogP contribution in [0.5, 0.6) is 0 Å². The summed E-state index contributed by atoms with van der Waals surface area (Å²) in [6.45, 7) is 1.59. The molecule has 1 saturated heterocycles. The van der Waals surface area contributed by atoms with Gasteiger partial charge in [0, 0.05) is 16.3 Å². The van der Waals surface area contributed by atoms with E-state index in [0.29, 0.717) is 26.2 Å². The lowest BCUT2D eigenvalue weighted by molar-refractivity contribution is -0.132.